The smallest absolute Gasteiger partial charge is 0.191 e. The summed E-state index contributed by atoms with van der Waals surface area (Å²) < 4.78 is 5.86. The third-order valence-electron chi connectivity index (χ3n) is 4.33. The van der Waals surface area contributed by atoms with E-state index in [-0.39, 0.29) is 30.6 Å². The monoisotopic (exact) mass is 487 g/mol. The fourth-order valence-corrected chi connectivity index (χ4v) is 3.16. The van der Waals surface area contributed by atoms with Crippen LogP contribution < -0.4 is 10.6 Å². The van der Waals surface area contributed by atoms with E-state index in [4.69, 9.17) is 9.41 Å². The molecular formula is C21H34IN3O2. The predicted molar refractivity (Wildman–Crippen MR) is 124 cm³/mol. The van der Waals surface area contributed by atoms with Crippen molar-refractivity contribution in [1.29, 1.82) is 0 Å². The van der Waals surface area contributed by atoms with E-state index in [0.717, 1.165) is 61.6 Å². The maximum atomic E-state index is 9.26. The molecular weight excluding hydrogens is 453 g/mol. The number of guanidine groups is 1. The van der Waals surface area contributed by atoms with Crippen LogP contribution in [0.15, 0.2) is 39.7 Å². The first-order chi connectivity index (χ1) is 12.6. The quantitative estimate of drug-likeness (QED) is 0.267. The largest absolute Gasteiger partial charge is 0.461 e. The van der Waals surface area contributed by atoms with Gasteiger partial charge in [0.2, 0.25) is 0 Å². The lowest BCUT2D eigenvalue weighted by Gasteiger charge is -2.17. The first kappa shape index (κ1) is 23.8. The Morgan fingerprint density at radius 1 is 1.22 bits per heavy atom. The van der Waals surface area contributed by atoms with Gasteiger partial charge in [-0.1, -0.05) is 32.0 Å². The van der Waals surface area contributed by atoms with Gasteiger partial charge in [0.1, 0.15) is 11.3 Å². The Hall–Kier alpha value is -1.28. The van der Waals surface area contributed by atoms with E-state index in [2.05, 4.69) is 43.5 Å². The number of nitrogens with one attached hydrogen (secondary N) is 2. The van der Waals surface area contributed by atoms with Crippen LogP contribution in [-0.2, 0) is 6.42 Å². The Morgan fingerprint density at radius 2 is 2.00 bits per heavy atom. The van der Waals surface area contributed by atoms with Crippen molar-refractivity contribution >= 4 is 40.9 Å². The summed E-state index contributed by atoms with van der Waals surface area (Å²) in [4.78, 5) is 4.71. The molecule has 5 nitrogen and oxygen atoms in total. The fraction of sp³-hybridized carbons (Fsp3) is 0.571. The summed E-state index contributed by atoms with van der Waals surface area (Å²) in [5.41, 5.74) is 0.934. The zero-order chi connectivity index (χ0) is 18.8. The van der Waals surface area contributed by atoms with Gasteiger partial charge >= 0.3 is 0 Å². The Kier molecular flexibility index (Phi) is 11.4. The van der Waals surface area contributed by atoms with Gasteiger partial charge in [0.25, 0.3) is 0 Å². The average Bonchev–Trinajstić information content (AvgIpc) is 3.02. The first-order valence-corrected chi connectivity index (χ1v) is 9.72. The van der Waals surface area contributed by atoms with Gasteiger partial charge in [-0.3, -0.25) is 4.99 Å². The fourth-order valence-electron chi connectivity index (χ4n) is 3.16. The van der Waals surface area contributed by atoms with Gasteiger partial charge in [-0.2, -0.15) is 0 Å². The van der Waals surface area contributed by atoms with E-state index in [1.54, 1.807) is 0 Å². The van der Waals surface area contributed by atoms with Gasteiger partial charge in [-0.25, -0.2) is 0 Å². The molecule has 0 fully saturated rings. The number of benzene rings is 1. The second kappa shape index (κ2) is 13.0. The molecule has 0 radical (unpaired) electrons. The summed E-state index contributed by atoms with van der Waals surface area (Å²) in [6, 6.07) is 10.2. The average molecular weight is 487 g/mol. The van der Waals surface area contributed by atoms with Crippen molar-refractivity contribution < 1.29 is 9.52 Å². The molecule has 1 atom stereocenters. The van der Waals surface area contributed by atoms with Crippen LogP contribution in [0, 0.1) is 11.8 Å². The Bertz CT molecular complexity index is 652. The minimum atomic E-state index is 0. The highest BCUT2D eigenvalue weighted by Crippen LogP contribution is 2.19. The second-order valence-corrected chi connectivity index (χ2v) is 7.15. The molecule has 3 N–H and O–H groups in total. The molecule has 1 unspecified atom stereocenters. The molecule has 0 saturated carbocycles. The molecule has 2 rings (SSSR count). The van der Waals surface area contributed by atoms with Gasteiger partial charge in [0, 0.05) is 38.0 Å². The van der Waals surface area contributed by atoms with Gasteiger partial charge in [-0.05, 0) is 43.7 Å². The Labute approximate surface area is 180 Å². The number of nitrogens with zero attached hydrogens (tertiary/aromatic N) is 1. The van der Waals surface area contributed by atoms with Crippen LogP contribution in [0.5, 0.6) is 0 Å². The van der Waals surface area contributed by atoms with Crippen LogP contribution in [0.4, 0.5) is 0 Å². The van der Waals surface area contributed by atoms with Crippen LogP contribution in [0.1, 0.15) is 39.4 Å². The SMILES string of the molecule is CCNC(=NCC(CCO)CC(C)C)NCCc1cc2ccccc2o1.I. The molecule has 1 heterocycles. The normalized spacial score (nSPS) is 12.9. The lowest BCUT2D eigenvalue weighted by Crippen LogP contribution is -2.38. The Balaban J connectivity index is 0.00000364. The number of hydrogen-bond acceptors (Lipinski definition) is 3. The van der Waals surface area contributed by atoms with Crippen molar-refractivity contribution in [2.45, 2.75) is 40.0 Å². The summed E-state index contributed by atoms with van der Waals surface area (Å²) in [5, 5.41) is 17.1. The van der Waals surface area contributed by atoms with Crippen molar-refractivity contribution in [2.24, 2.45) is 16.8 Å². The molecule has 0 aliphatic rings. The van der Waals surface area contributed by atoms with Crippen LogP contribution in [-0.4, -0.2) is 37.3 Å². The molecule has 27 heavy (non-hydrogen) atoms. The van der Waals surface area contributed by atoms with Crippen molar-refractivity contribution in [1.82, 2.24) is 10.6 Å². The summed E-state index contributed by atoms with van der Waals surface area (Å²) >= 11 is 0. The number of para-hydroxylation sites is 1. The summed E-state index contributed by atoms with van der Waals surface area (Å²) in [6.45, 7) is 9.04. The number of hydrogen-bond donors (Lipinski definition) is 3. The molecule has 152 valence electrons. The van der Waals surface area contributed by atoms with E-state index in [1.807, 2.05) is 18.2 Å². The number of rotatable bonds is 10. The zero-order valence-corrected chi connectivity index (χ0v) is 19.0. The van der Waals surface area contributed by atoms with E-state index < -0.39 is 0 Å². The third-order valence-corrected chi connectivity index (χ3v) is 4.33. The van der Waals surface area contributed by atoms with E-state index in [9.17, 15) is 5.11 Å². The second-order valence-electron chi connectivity index (χ2n) is 7.15. The van der Waals surface area contributed by atoms with E-state index in [0.29, 0.717) is 11.8 Å². The topological polar surface area (TPSA) is 69.8 Å². The molecule has 0 spiro atoms. The molecule has 1 aromatic heterocycles. The highest BCUT2D eigenvalue weighted by Gasteiger charge is 2.11. The molecule has 0 amide bonds. The minimum Gasteiger partial charge on any atom is -0.461 e. The van der Waals surface area contributed by atoms with E-state index in [1.165, 1.54) is 0 Å². The maximum Gasteiger partial charge on any atom is 0.191 e. The molecule has 0 aliphatic heterocycles. The summed E-state index contributed by atoms with van der Waals surface area (Å²) in [7, 11) is 0. The van der Waals surface area contributed by atoms with Gasteiger partial charge < -0.3 is 20.2 Å². The number of aliphatic hydroxyl groups is 1. The lowest BCUT2D eigenvalue weighted by molar-refractivity contribution is 0.245. The summed E-state index contributed by atoms with van der Waals surface area (Å²) in [5.74, 6) is 2.85. The third kappa shape index (κ3) is 8.51. The molecule has 0 aliphatic carbocycles. The molecule has 6 heteroatoms. The van der Waals surface area contributed by atoms with Crippen molar-refractivity contribution in [3.05, 3.63) is 36.1 Å². The number of halogens is 1. The number of aliphatic hydroxyl groups excluding tert-OH is 1. The van der Waals surface area contributed by atoms with Gasteiger partial charge in [-0.15, -0.1) is 24.0 Å². The van der Waals surface area contributed by atoms with Gasteiger partial charge in [0.15, 0.2) is 5.96 Å². The van der Waals surface area contributed by atoms with Crippen molar-refractivity contribution in [3.8, 4) is 0 Å². The number of furan rings is 1. The lowest BCUT2D eigenvalue weighted by atomic mass is 9.94. The van der Waals surface area contributed by atoms with Crippen molar-refractivity contribution in [2.75, 3.05) is 26.2 Å². The van der Waals surface area contributed by atoms with Gasteiger partial charge in [0.05, 0.1) is 0 Å². The number of aliphatic imine (C=N–C) groups is 1. The maximum absolute atomic E-state index is 9.26. The predicted octanol–water partition coefficient (Wildman–Crippen LogP) is 4.19. The molecule has 1 aromatic carbocycles. The highest BCUT2D eigenvalue weighted by molar-refractivity contribution is 14.0. The first-order valence-electron chi connectivity index (χ1n) is 9.72. The van der Waals surface area contributed by atoms with Crippen molar-refractivity contribution in [3.63, 3.8) is 0 Å². The highest BCUT2D eigenvalue weighted by atomic mass is 127. The van der Waals surface area contributed by atoms with Crippen LogP contribution in [0.2, 0.25) is 0 Å². The van der Waals surface area contributed by atoms with E-state index >= 15 is 0 Å². The van der Waals surface area contributed by atoms with Crippen LogP contribution >= 0.6 is 24.0 Å². The zero-order valence-electron chi connectivity index (χ0n) is 16.7. The van der Waals surface area contributed by atoms with Crippen LogP contribution in [0.3, 0.4) is 0 Å². The molecule has 0 saturated heterocycles. The number of fused-ring (bicyclic) bond motifs is 1. The summed E-state index contributed by atoms with van der Waals surface area (Å²) in [6.07, 6.45) is 2.70. The molecule has 0 bridgehead atoms. The molecule has 2 aromatic rings. The Morgan fingerprint density at radius 3 is 2.67 bits per heavy atom. The van der Waals surface area contributed by atoms with Crippen LogP contribution in [0.25, 0.3) is 11.0 Å². The standard InChI is InChI=1S/C21H33N3O2.HI/c1-4-22-21(24-15-17(10-12-25)13-16(2)3)23-11-9-19-14-18-7-5-6-8-20(18)26-19;/h5-8,14,16-17,25H,4,9-13,15H2,1-3H3,(H2,22,23,24);1H. The minimum absolute atomic E-state index is 0.